The molecule has 1 heterocycles. The third kappa shape index (κ3) is 1.71. The molecule has 1 unspecified atom stereocenters. The Balaban J connectivity index is 2.83. The Morgan fingerprint density at radius 1 is 1.25 bits per heavy atom. The van der Waals surface area contributed by atoms with Gasteiger partial charge in [-0.15, -0.1) is 0 Å². The van der Waals surface area contributed by atoms with Gasteiger partial charge in [0.15, 0.2) is 0 Å². The maximum Gasteiger partial charge on any atom is 0.0917 e. The van der Waals surface area contributed by atoms with E-state index in [-0.39, 0.29) is 0 Å². The van der Waals surface area contributed by atoms with Gasteiger partial charge in [-0.25, -0.2) is 0 Å². The molecule has 1 aliphatic heterocycles. The SMILES string of the molecule is CCC1=C(CC)[SiH](C(C)C)C=C1. The minimum absolute atomic E-state index is 0.646. The van der Waals surface area contributed by atoms with Crippen LogP contribution in [0.5, 0.6) is 0 Å². The maximum absolute atomic E-state index is 2.52. The first-order valence-corrected chi connectivity index (χ1v) is 7.01. The summed E-state index contributed by atoms with van der Waals surface area (Å²) in [6.45, 7) is 9.32. The van der Waals surface area contributed by atoms with E-state index in [1.807, 2.05) is 5.20 Å². The average molecular weight is 180 g/mol. The van der Waals surface area contributed by atoms with Crippen molar-refractivity contribution in [3.8, 4) is 0 Å². The topological polar surface area (TPSA) is 0 Å². The molecule has 0 bridgehead atoms. The van der Waals surface area contributed by atoms with E-state index in [1.54, 1.807) is 5.57 Å². The molecule has 0 fully saturated rings. The standard InChI is InChI=1S/C11H20Si/c1-5-10-7-8-12(9(3)4)11(10)6-2/h7-9,12H,5-6H2,1-4H3. The molecule has 0 saturated heterocycles. The first kappa shape index (κ1) is 9.78. The second-order valence-electron chi connectivity index (χ2n) is 3.89. The molecule has 1 heteroatoms. The lowest BCUT2D eigenvalue weighted by Crippen LogP contribution is -2.15. The quantitative estimate of drug-likeness (QED) is 0.584. The summed E-state index contributed by atoms with van der Waals surface area (Å²) in [5.41, 5.74) is 5.06. The highest BCUT2D eigenvalue weighted by Crippen LogP contribution is 2.29. The van der Waals surface area contributed by atoms with Gasteiger partial charge in [0.05, 0.1) is 8.80 Å². The molecule has 68 valence electrons. The zero-order chi connectivity index (χ0) is 9.14. The normalized spacial score (nSPS) is 22.9. The van der Waals surface area contributed by atoms with Crippen LogP contribution in [0.2, 0.25) is 5.54 Å². The van der Waals surface area contributed by atoms with Crippen LogP contribution in [-0.2, 0) is 0 Å². The summed E-state index contributed by atoms with van der Waals surface area (Å²) >= 11 is 0. The van der Waals surface area contributed by atoms with Crippen LogP contribution >= 0.6 is 0 Å². The van der Waals surface area contributed by atoms with Crippen molar-refractivity contribution in [2.75, 3.05) is 0 Å². The van der Waals surface area contributed by atoms with Gasteiger partial charge in [-0.2, -0.15) is 0 Å². The number of hydrogen-bond acceptors (Lipinski definition) is 0. The van der Waals surface area contributed by atoms with E-state index >= 15 is 0 Å². The molecule has 0 saturated carbocycles. The first-order valence-electron chi connectivity index (χ1n) is 5.10. The molecular weight excluding hydrogens is 160 g/mol. The van der Waals surface area contributed by atoms with E-state index < -0.39 is 8.80 Å². The fourth-order valence-electron chi connectivity index (χ4n) is 2.09. The van der Waals surface area contributed by atoms with Crippen LogP contribution in [0.25, 0.3) is 0 Å². The van der Waals surface area contributed by atoms with Crippen LogP contribution < -0.4 is 0 Å². The van der Waals surface area contributed by atoms with Crippen molar-refractivity contribution in [3.63, 3.8) is 0 Å². The third-order valence-electron chi connectivity index (χ3n) is 2.80. The van der Waals surface area contributed by atoms with Crippen LogP contribution in [-0.4, -0.2) is 8.80 Å². The fourth-order valence-corrected chi connectivity index (χ4v) is 5.21. The van der Waals surface area contributed by atoms with Gasteiger partial charge in [0.2, 0.25) is 0 Å². The van der Waals surface area contributed by atoms with Gasteiger partial charge in [-0.1, -0.05) is 50.2 Å². The summed E-state index contributed by atoms with van der Waals surface area (Å²) in [5.74, 6) is 0. The largest absolute Gasteiger partial charge is 0.0927 e. The van der Waals surface area contributed by atoms with Gasteiger partial charge in [0.25, 0.3) is 0 Å². The molecule has 1 aliphatic rings. The monoisotopic (exact) mass is 180 g/mol. The van der Waals surface area contributed by atoms with E-state index in [9.17, 15) is 0 Å². The molecule has 0 radical (unpaired) electrons. The van der Waals surface area contributed by atoms with Crippen molar-refractivity contribution in [3.05, 3.63) is 22.5 Å². The minimum Gasteiger partial charge on any atom is -0.0927 e. The van der Waals surface area contributed by atoms with Crippen LogP contribution in [0.4, 0.5) is 0 Å². The van der Waals surface area contributed by atoms with Crippen LogP contribution in [0.3, 0.4) is 0 Å². The van der Waals surface area contributed by atoms with Gasteiger partial charge in [-0.3, -0.25) is 0 Å². The maximum atomic E-state index is 2.52. The van der Waals surface area contributed by atoms with E-state index in [0.29, 0.717) is 0 Å². The molecule has 0 aromatic heterocycles. The summed E-state index contributed by atoms with van der Waals surface area (Å²) in [5, 5.41) is 1.81. The summed E-state index contributed by atoms with van der Waals surface area (Å²) in [4.78, 5) is 0. The van der Waals surface area contributed by atoms with Crippen molar-refractivity contribution in [2.45, 2.75) is 46.1 Å². The molecule has 0 nitrogen and oxygen atoms in total. The van der Waals surface area contributed by atoms with Crippen molar-refractivity contribution >= 4 is 8.80 Å². The van der Waals surface area contributed by atoms with Crippen LogP contribution in [0.15, 0.2) is 22.5 Å². The molecule has 12 heavy (non-hydrogen) atoms. The van der Waals surface area contributed by atoms with Crippen LogP contribution in [0, 0.1) is 0 Å². The summed E-state index contributed by atoms with van der Waals surface area (Å²) in [6.07, 6.45) is 4.90. The Kier molecular flexibility index (Phi) is 3.33. The summed E-state index contributed by atoms with van der Waals surface area (Å²) < 4.78 is 0. The Hall–Kier alpha value is -0.303. The number of allylic oxidation sites excluding steroid dienone is 3. The predicted molar refractivity (Wildman–Crippen MR) is 59.0 cm³/mol. The van der Waals surface area contributed by atoms with Crippen LogP contribution in [0.1, 0.15) is 40.5 Å². The molecule has 1 atom stereocenters. The molecular formula is C11H20Si. The second-order valence-corrected chi connectivity index (χ2v) is 7.35. The Morgan fingerprint density at radius 3 is 2.33 bits per heavy atom. The molecule has 1 rings (SSSR count). The van der Waals surface area contributed by atoms with Crippen molar-refractivity contribution in [1.82, 2.24) is 0 Å². The van der Waals surface area contributed by atoms with Crippen molar-refractivity contribution < 1.29 is 0 Å². The van der Waals surface area contributed by atoms with Crippen molar-refractivity contribution in [2.24, 2.45) is 0 Å². The molecule has 0 N–H and O–H groups in total. The zero-order valence-electron chi connectivity index (χ0n) is 8.72. The van der Waals surface area contributed by atoms with Crippen molar-refractivity contribution in [1.29, 1.82) is 0 Å². The smallest absolute Gasteiger partial charge is 0.0917 e. The van der Waals surface area contributed by atoms with Gasteiger partial charge in [0.1, 0.15) is 0 Å². The number of hydrogen-bond donors (Lipinski definition) is 0. The van der Waals surface area contributed by atoms with Gasteiger partial charge in [0, 0.05) is 0 Å². The average Bonchev–Trinajstić information content (AvgIpc) is 2.46. The van der Waals surface area contributed by atoms with E-state index in [4.69, 9.17) is 0 Å². The van der Waals surface area contributed by atoms with E-state index in [0.717, 1.165) is 5.54 Å². The highest BCUT2D eigenvalue weighted by atomic mass is 28.3. The Bertz CT molecular complexity index is 211. The fraction of sp³-hybridized carbons (Fsp3) is 0.636. The van der Waals surface area contributed by atoms with Gasteiger partial charge >= 0.3 is 0 Å². The Labute approximate surface area is 78.0 Å². The van der Waals surface area contributed by atoms with E-state index in [1.165, 1.54) is 12.8 Å². The minimum atomic E-state index is -0.646. The molecule has 0 aromatic rings. The third-order valence-corrected chi connectivity index (χ3v) is 6.43. The molecule has 0 spiro atoms. The molecule has 0 aromatic carbocycles. The Morgan fingerprint density at radius 2 is 1.92 bits per heavy atom. The lowest BCUT2D eigenvalue weighted by Gasteiger charge is -2.15. The lowest BCUT2D eigenvalue weighted by molar-refractivity contribution is 1.02. The van der Waals surface area contributed by atoms with Gasteiger partial charge in [-0.05, 0) is 18.4 Å². The van der Waals surface area contributed by atoms with E-state index in [2.05, 4.69) is 39.5 Å². The summed E-state index contributed by atoms with van der Waals surface area (Å²) in [6, 6.07) is 0. The highest BCUT2D eigenvalue weighted by Gasteiger charge is 2.22. The summed E-state index contributed by atoms with van der Waals surface area (Å²) in [7, 11) is -0.646. The highest BCUT2D eigenvalue weighted by molar-refractivity contribution is 6.74. The van der Waals surface area contributed by atoms with Gasteiger partial charge < -0.3 is 0 Å². The molecule has 0 amide bonds. The zero-order valence-corrected chi connectivity index (χ0v) is 9.88. The second kappa shape index (κ2) is 4.08. The lowest BCUT2D eigenvalue weighted by atomic mass is 10.2. The molecule has 0 aliphatic carbocycles. The first-order chi connectivity index (χ1) is 5.70. The predicted octanol–water partition coefficient (Wildman–Crippen LogP) is 3.39. The number of rotatable bonds is 3.